The maximum absolute atomic E-state index is 12.4. The van der Waals surface area contributed by atoms with E-state index < -0.39 is 11.7 Å². The van der Waals surface area contributed by atoms with E-state index in [0.29, 0.717) is 12.3 Å². The summed E-state index contributed by atoms with van der Waals surface area (Å²) in [6.45, 7) is 2.12. The Morgan fingerprint density at radius 1 is 1.18 bits per heavy atom. The van der Waals surface area contributed by atoms with Crippen molar-refractivity contribution in [1.29, 1.82) is 0 Å². The van der Waals surface area contributed by atoms with Crippen LogP contribution in [-0.4, -0.2) is 6.18 Å². The maximum Gasteiger partial charge on any atom is 0.416 e. The van der Waals surface area contributed by atoms with Crippen LogP contribution in [0, 0.1) is 11.8 Å². The summed E-state index contributed by atoms with van der Waals surface area (Å²) in [6, 6.07) is 0. The van der Waals surface area contributed by atoms with Crippen LogP contribution in [-0.2, 0) is 0 Å². The van der Waals surface area contributed by atoms with Gasteiger partial charge in [-0.15, -0.1) is 0 Å². The quantitative estimate of drug-likeness (QED) is 0.579. The van der Waals surface area contributed by atoms with Gasteiger partial charge in [-0.3, -0.25) is 0 Å². The second kappa shape index (κ2) is 4.71. The molecule has 0 heterocycles. The molecule has 2 atom stereocenters. The summed E-state index contributed by atoms with van der Waals surface area (Å²) in [5.74, 6) is 0.798. The van der Waals surface area contributed by atoms with Crippen molar-refractivity contribution in [1.82, 2.24) is 0 Å². The molecular weight excluding hydrogens is 225 g/mol. The monoisotopic (exact) mass is 242 g/mol. The molecule has 0 aromatic rings. The van der Waals surface area contributed by atoms with Crippen LogP contribution in [0.3, 0.4) is 0 Å². The van der Waals surface area contributed by atoms with Crippen molar-refractivity contribution in [2.45, 2.75) is 38.8 Å². The normalized spacial score (nSPS) is 29.9. The first kappa shape index (κ1) is 12.5. The molecule has 0 aromatic heterocycles. The first-order valence-electron chi connectivity index (χ1n) is 6.08. The maximum atomic E-state index is 12.4. The van der Waals surface area contributed by atoms with Gasteiger partial charge in [-0.05, 0) is 44.4 Å². The Kier molecular flexibility index (Phi) is 3.45. The van der Waals surface area contributed by atoms with Gasteiger partial charge in [0.2, 0.25) is 0 Å². The lowest BCUT2D eigenvalue weighted by molar-refractivity contribution is -0.0888. The molecule has 0 spiro atoms. The first-order valence-corrected chi connectivity index (χ1v) is 6.08. The van der Waals surface area contributed by atoms with Crippen molar-refractivity contribution in [3.8, 4) is 0 Å². The molecule has 0 aromatic carbocycles. The van der Waals surface area contributed by atoms with E-state index in [4.69, 9.17) is 0 Å². The SMILES string of the molecule is CC1=CCC(C2C=CC(C(F)(F)F)=CC2)CC1. The zero-order valence-corrected chi connectivity index (χ0v) is 9.93. The van der Waals surface area contributed by atoms with E-state index in [9.17, 15) is 13.2 Å². The largest absolute Gasteiger partial charge is 0.416 e. The number of halogens is 3. The van der Waals surface area contributed by atoms with Gasteiger partial charge < -0.3 is 0 Å². The van der Waals surface area contributed by atoms with Crippen molar-refractivity contribution in [2.75, 3.05) is 0 Å². The lowest BCUT2D eigenvalue weighted by Crippen LogP contribution is -2.19. The fourth-order valence-electron chi connectivity index (χ4n) is 2.57. The lowest BCUT2D eigenvalue weighted by Gasteiger charge is -2.28. The third-order valence-electron chi connectivity index (χ3n) is 3.74. The smallest absolute Gasteiger partial charge is 0.166 e. The van der Waals surface area contributed by atoms with Gasteiger partial charge in [0.15, 0.2) is 0 Å². The Hall–Kier alpha value is -0.990. The fourth-order valence-corrected chi connectivity index (χ4v) is 2.57. The van der Waals surface area contributed by atoms with E-state index in [1.165, 1.54) is 17.7 Å². The molecule has 94 valence electrons. The minimum absolute atomic E-state index is 0.283. The molecule has 17 heavy (non-hydrogen) atoms. The highest BCUT2D eigenvalue weighted by Crippen LogP contribution is 2.37. The Bertz CT molecular complexity index is 371. The van der Waals surface area contributed by atoms with Crippen LogP contribution in [0.4, 0.5) is 13.2 Å². The van der Waals surface area contributed by atoms with Crippen molar-refractivity contribution < 1.29 is 13.2 Å². The zero-order chi connectivity index (χ0) is 12.5. The van der Waals surface area contributed by atoms with Crippen LogP contribution in [0.15, 0.2) is 35.5 Å². The number of allylic oxidation sites excluding steroid dienone is 6. The van der Waals surface area contributed by atoms with Gasteiger partial charge in [-0.25, -0.2) is 0 Å². The van der Waals surface area contributed by atoms with Gasteiger partial charge in [0, 0.05) is 0 Å². The summed E-state index contributed by atoms with van der Waals surface area (Å²) in [7, 11) is 0. The van der Waals surface area contributed by atoms with Gasteiger partial charge in [-0.1, -0.05) is 29.9 Å². The molecule has 0 saturated carbocycles. The molecule has 0 nitrogen and oxygen atoms in total. The number of rotatable bonds is 1. The molecule has 0 aliphatic heterocycles. The van der Waals surface area contributed by atoms with Crippen molar-refractivity contribution >= 4 is 0 Å². The van der Waals surface area contributed by atoms with Crippen molar-refractivity contribution in [3.63, 3.8) is 0 Å². The van der Waals surface area contributed by atoms with Gasteiger partial charge in [0.25, 0.3) is 0 Å². The van der Waals surface area contributed by atoms with Crippen LogP contribution in [0.1, 0.15) is 32.6 Å². The van der Waals surface area contributed by atoms with Crippen molar-refractivity contribution in [2.24, 2.45) is 11.8 Å². The average Bonchev–Trinajstić information content (AvgIpc) is 2.29. The average molecular weight is 242 g/mol. The molecule has 2 aliphatic carbocycles. The Balaban J connectivity index is 1.97. The van der Waals surface area contributed by atoms with E-state index in [2.05, 4.69) is 13.0 Å². The van der Waals surface area contributed by atoms with E-state index in [0.717, 1.165) is 19.3 Å². The van der Waals surface area contributed by atoms with E-state index >= 15 is 0 Å². The lowest BCUT2D eigenvalue weighted by atomic mass is 9.77. The second-order valence-electron chi connectivity index (χ2n) is 5.00. The highest BCUT2D eigenvalue weighted by atomic mass is 19.4. The third kappa shape index (κ3) is 3.02. The molecule has 0 saturated heterocycles. The summed E-state index contributed by atoms with van der Waals surface area (Å²) in [5.41, 5.74) is 0.920. The minimum Gasteiger partial charge on any atom is -0.166 e. The summed E-state index contributed by atoms with van der Waals surface area (Å²) >= 11 is 0. The van der Waals surface area contributed by atoms with Crippen LogP contribution >= 0.6 is 0 Å². The number of alkyl halides is 3. The second-order valence-corrected chi connectivity index (χ2v) is 5.00. The van der Waals surface area contributed by atoms with E-state index in [-0.39, 0.29) is 5.92 Å². The summed E-state index contributed by atoms with van der Waals surface area (Å²) in [6.07, 6.45) is 6.11. The van der Waals surface area contributed by atoms with Gasteiger partial charge >= 0.3 is 6.18 Å². The summed E-state index contributed by atoms with van der Waals surface area (Å²) in [5, 5.41) is 0. The predicted molar refractivity (Wildman–Crippen MR) is 62.5 cm³/mol. The van der Waals surface area contributed by atoms with Crippen LogP contribution in [0.25, 0.3) is 0 Å². The van der Waals surface area contributed by atoms with Gasteiger partial charge in [0.1, 0.15) is 0 Å². The van der Waals surface area contributed by atoms with Crippen molar-refractivity contribution in [3.05, 3.63) is 35.5 Å². The highest BCUT2D eigenvalue weighted by molar-refractivity contribution is 5.28. The molecule has 3 heteroatoms. The topological polar surface area (TPSA) is 0 Å². The number of hydrogen-bond donors (Lipinski definition) is 0. The molecular formula is C14H17F3. The predicted octanol–water partition coefficient (Wildman–Crippen LogP) is 4.80. The van der Waals surface area contributed by atoms with Crippen LogP contribution in [0.2, 0.25) is 0 Å². The molecule has 0 radical (unpaired) electrons. The van der Waals surface area contributed by atoms with Gasteiger partial charge in [0.05, 0.1) is 5.57 Å². The summed E-state index contributed by atoms with van der Waals surface area (Å²) < 4.78 is 37.3. The number of hydrogen-bond acceptors (Lipinski definition) is 0. The first-order chi connectivity index (χ1) is 7.97. The Morgan fingerprint density at radius 2 is 1.94 bits per heavy atom. The Labute approximate surface area is 99.9 Å². The molecule has 0 fully saturated rings. The zero-order valence-electron chi connectivity index (χ0n) is 9.93. The minimum atomic E-state index is -4.19. The third-order valence-corrected chi connectivity index (χ3v) is 3.74. The van der Waals surface area contributed by atoms with E-state index in [1.807, 2.05) is 0 Å². The van der Waals surface area contributed by atoms with E-state index in [1.54, 1.807) is 6.08 Å². The fraction of sp³-hybridized carbons (Fsp3) is 0.571. The standard InChI is InChI=1S/C14H17F3/c1-10-2-4-11(5-3-10)12-6-8-13(9-7-12)14(15,16)17/h2,6,8-9,11-12H,3-5,7H2,1H3. The van der Waals surface area contributed by atoms with Crippen LogP contribution < -0.4 is 0 Å². The van der Waals surface area contributed by atoms with Gasteiger partial charge in [-0.2, -0.15) is 13.2 Å². The highest BCUT2D eigenvalue weighted by Gasteiger charge is 2.34. The van der Waals surface area contributed by atoms with Crippen LogP contribution in [0.5, 0.6) is 0 Å². The Morgan fingerprint density at radius 3 is 2.41 bits per heavy atom. The molecule has 2 aliphatic rings. The summed E-state index contributed by atoms with van der Waals surface area (Å²) in [4.78, 5) is 0. The molecule has 0 bridgehead atoms. The molecule has 0 amide bonds. The molecule has 0 N–H and O–H groups in total. The molecule has 2 unspecified atom stereocenters. The molecule has 2 rings (SSSR count).